The van der Waals surface area contributed by atoms with Gasteiger partial charge >= 0.3 is 0 Å². The minimum Gasteiger partial charge on any atom is -0.368 e. The Kier molecular flexibility index (Phi) is 5.34. The molecule has 2 aromatic rings. The molecule has 6 heteroatoms. The smallest absolute Gasteiger partial charge is 0.251 e. The number of anilines is 2. The summed E-state index contributed by atoms with van der Waals surface area (Å²) in [5, 5.41) is 3.31. The molecule has 2 aliphatic heterocycles. The Hall–Kier alpha value is -2.47. The lowest BCUT2D eigenvalue weighted by Gasteiger charge is -2.33. The van der Waals surface area contributed by atoms with Crippen molar-refractivity contribution < 1.29 is 9.53 Å². The van der Waals surface area contributed by atoms with E-state index in [0.717, 1.165) is 61.7 Å². The number of hydrogen-bond acceptors (Lipinski definition) is 5. The van der Waals surface area contributed by atoms with Crippen molar-refractivity contribution in [3.63, 3.8) is 0 Å². The van der Waals surface area contributed by atoms with Crippen molar-refractivity contribution in [2.24, 2.45) is 0 Å². The molecule has 27 heavy (non-hydrogen) atoms. The maximum Gasteiger partial charge on any atom is 0.251 e. The molecule has 2 aromatic heterocycles. The summed E-state index contributed by atoms with van der Waals surface area (Å²) in [6.45, 7) is 4.30. The maximum atomic E-state index is 12.5. The number of pyridine rings is 2. The van der Waals surface area contributed by atoms with Crippen LogP contribution < -0.4 is 5.32 Å². The fourth-order valence-corrected chi connectivity index (χ4v) is 3.86. The molecule has 4 heterocycles. The van der Waals surface area contributed by atoms with Gasteiger partial charge in [-0.2, -0.15) is 0 Å². The molecule has 0 saturated carbocycles. The minimum absolute atomic E-state index is 0.167. The van der Waals surface area contributed by atoms with Crippen LogP contribution in [0.5, 0.6) is 0 Å². The van der Waals surface area contributed by atoms with Gasteiger partial charge in [0.25, 0.3) is 5.91 Å². The number of rotatable bonds is 4. The number of hydrogen-bond donors (Lipinski definition) is 1. The summed E-state index contributed by atoms with van der Waals surface area (Å²) >= 11 is 0. The van der Waals surface area contributed by atoms with Crippen LogP contribution in [0.25, 0.3) is 0 Å². The second-order valence-corrected chi connectivity index (χ2v) is 7.34. The molecule has 2 fully saturated rings. The van der Waals surface area contributed by atoms with Crippen LogP contribution in [0, 0.1) is 6.92 Å². The minimum atomic E-state index is -0.214. The zero-order chi connectivity index (χ0) is 18.6. The first-order valence-electron chi connectivity index (χ1n) is 9.77. The summed E-state index contributed by atoms with van der Waals surface area (Å²) in [4.78, 5) is 23.6. The lowest BCUT2D eigenvalue weighted by atomic mass is 9.92. The first-order chi connectivity index (χ1) is 13.2. The maximum absolute atomic E-state index is 12.5. The largest absolute Gasteiger partial charge is 0.368 e. The Balaban J connectivity index is 1.38. The van der Waals surface area contributed by atoms with Crippen LogP contribution in [0.4, 0.5) is 11.6 Å². The van der Waals surface area contributed by atoms with Gasteiger partial charge in [0.05, 0.1) is 0 Å². The fourth-order valence-electron chi connectivity index (χ4n) is 3.86. The van der Waals surface area contributed by atoms with Crippen molar-refractivity contribution in [2.45, 2.75) is 44.6 Å². The summed E-state index contributed by atoms with van der Waals surface area (Å²) < 4.78 is 5.54. The Morgan fingerprint density at radius 3 is 2.78 bits per heavy atom. The number of carbonyl (C=O) groups excluding carboxylic acids is 1. The van der Waals surface area contributed by atoms with Gasteiger partial charge in [0, 0.05) is 37.5 Å². The second kappa shape index (κ2) is 8.05. The van der Waals surface area contributed by atoms with E-state index in [0.29, 0.717) is 12.5 Å². The number of carbonyl (C=O) groups is 1. The van der Waals surface area contributed by atoms with Gasteiger partial charge in [0.15, 0.2) is 0 Å². The van der Waals surface area contributed by atoms with E-state index in [1.807, 2.05) is 36.1 Å². The average molecular weight is 366 g/mol. The normalized spacial score (nSPS) is 20.6. The summed E-state index contributed by atoms with van der Waals surface area (Å²) in [5.41, 5.74) is 2.17. The van der Waals surface area contributed by atoms with Gasteiger partial charge in [-0.05, 0) is 56.4 Å². The van der Waals surface area contributed by atoms with Crippen LogP contribution in [0.1, 0.15) is 42.9 Å². The third-order valence-corrected chi connectivity index (χ3v) is 5.46. The van der Waals surface area contributed by atoms with E-state index >= 15 is 0 Å². The number of ether oxygens (including phenoxy) is 1. The number of piperidine rings is 1. The van der Waals surface area contributed by atoms with Crippen LogP contribution in [0.3, 0.4) is 0 Å². The van der Waals surface area contributed by atoms with E-state index in [-0.39, 0.29) is 12.0 Å². The van der Waals surface area contributed by atoms with Crippen LogP contribution >= 0.6 is 0 Å². The zero-order valence-corrected chi connectivity index (χ0v) is 15.7. The van der Waals surface area contributed by atoms with Gasteiger partial charge in [0.1, 0.15) is 17.7 Å². The zero-order valence-electron chi connectivity index (χ0n) is 15.7. The van der Waals surface area contributed by atoms with Gasteiger partial charge in [-0.1, -0.05) is 12.1 Å². The Labute approximate surface area is 160 Å². The van der Waals surface area contributed by atoms with E-state index in [1.165, 1.54) is 0 Å². The van der Waals surface area contributed by atoms with Gasteiger partial charge in [0.2, 0.25) is 0 Å². The number of nitrogens with zero attached hydrogens (tertiary/aromatic N) is 3. The molecular formula is C21H26N4O2. The van der Waals surface area contributed by atoms with Gasteiger partial charge in [-0.15, -0.1) is 0 Å². The molecule has 2 aliphatic rings. The SMILES string of the molecule is Cc1cccnc1Nc1cccc(C2CCN(C(=O)C3CCCO3)CC2)n1. The van der Waals surface area contributed by atoms with E-state index in [1.54, 1.807) is 6.20 Å². The summed E-state index contributed by atoms with van der Waals surface area (Å²) in [6.07, 6.45) is 5.30. The molecule has 1 atom stereocenters. The highest BCUT2D eigenvalue weighted by Crippen LogP contribution is 2.29. The number of nitrogens with one attached hydrogen (secondary N) is 1. The molecule has 0 radical (unpaired) electrons. The molecule has 6 nitrogen and oxygen atoms in total. The van der Waals surface area contributed by atoms with Gasteiger partial charge in [-0.25, -0.2) is 9.97 Å². The van der Waals surface area contributed by atoms with E-state index in [2.05, 4.69) is 16.4 Å². The molecule has 142 valence electrons. The van der Waals surface area contributed by atoms with Crippen LogP contribution in [0.15, 0.2) is 36.5 Å². The first kappa shape index (κ1) is 17.9. The van der Waals surface area contributed by atoms with E-state index < -0.39 is 0 Å². The molecule has 1 unspecified atom stereocenters. The predicted octanol–water partition coefficient (Wildman–Crippen LogP) is 3.41. The Morgan fingerprint density at radius 1 is 1.19 bits per heavy atom. The number of amides is 1. The van der Waals surface area contributed by atoms with Gasteiger partial charge in [-0.3, -0.25) is 4.79 Å². The highest BCUT2D eigenvalue weighted by atomic mass is 16.5. The van der Waals surface area contributed by atoms with Crippen molar-refractivity contribution in [3.8, 4) is 0 Å². The number of likely N-dealkylation sites (tertiary alicyclic amines) is 1. The van der Waals surface area contributed by atoms with Crippen molar-refractivity contribution in [1.82, 2.24) is 14.9 Å². The molecule has 1 N–H and O–H groups in total. The first-order valence-corrected chi connectivity index (χ1v) is 9.77. The van der Waals surface area contributed by atoms with Crippen molar-refractivity contribution in [2.75, 3.05) is 25.0 Å². The monoisotopic (exact) mass is 366 g/mol. The highest BCUT2D eigenvalue weighted by molar-refractivity contribution is 5.81. The van der Waals surface area contributed by atoms with Crippen molar-refractivity contribution in [1.29, 1.82) is 0 Å². The quantitative estimate of drug-likeness (QED) is 0.898. The lowest BCUT2D eigenvalue weighted by molar-refractivity contribution is -0.142. The summed E-state index contributed by atoms with van der Waals surface area (Å²) in [5.74, 6) is 2.19. The Bertz CT molecular complexity index is 796. The molecule has 0 bridgehead atoms. The molecule has 0 aromatic carbocycles. The standard InChI is InChI=1S/C21H26N4O2/c1-15-5-3-11-22-20(15)24-19-8-2-6-17(23-19)16-9-12-25(13-10-16)21(26)18-7-4-14-27-18/h2-3,5-6,8,11,16,18H,4,7,9-10,12-14H2,1H3,(H,22,23,24). The summed E-state index contributed by atoms with van der Waals surface area (Å²) in [6, 6.07) is 10.0. The van der Waals surface area contributed by atoms with Crippen molar-refractivity contribution in [3.05, 3.63) is 47.8 Å². The summed E-state index contributed by atoms with van der Waals surface area (Å²) in [7, 11) is 0. The molecule has 0 spiro atoms. The van der Waals surface area contributed by atoms with Crippen LogP contribution in [-0.2, 0) is 9.53 Å². The van der Waals surface area contributed by atoms with Crippen molar-refractivity contribution >= 4 is 17.5 Å². The topological polar surface area (TPSA) is 67.4 Å². The third-order valence-electron chi connectivity index (χ3n) is 5.46. The van der Waals surface area contributed by atoms with E-state index in [4.69, 9.17) is 9.72 Å². The third kappa shape index (κ3) is 4.11. The molecule has 4 rings (SSSR count). The second-order valence-electron chi connectivity index (χ2n) is 7.34. The Morgan fingerprint density at radius 2 is 2.04 bits per heavy atom. The van der Waals surface area contributed by atoms with E-state index in [9.17, 15) is 4.79 Å². The average Bonchev–Trinajstić information content (AvgIpc) is 3.24. The number of aryl methyl sites for hydroxylation is 1. The molecule has 2 saturated heterocycles. The molecule has 0 aliphatic carbocycles. The van der Waals surface area contributed by atoms with Crippen LogP contribution in [0.2, 0.25) is 0 Å². The number of aromatic nitrogens is 2. The predicted molar refractivity (Wildman–Crippen MR) is 104 cm³/mol. The lowest BCUT2D eigenvalue weighted by Crippen LogP contribution is -2.43. The highest BCUT2D eigenvalue weighted by Gasteiger charge is 2.31. The fraction of sp³-hybridized carbons (Fsp3) is 0.476. The van der Waals surface area contributed by atoms with Gasteiger partial charge < -0.3 is 15.0 Å². The van der Waals surface area contributed by atoms with Crippen LogP contribution in [-0.4, -0.2) is 46.6 Å². The molecular weight excluding hydrogens is 340 g/mol. The molecule has 1 amide bonds.